The zero-order valence-electron chi connectivity index (χ0n) is 29.5. The average Bonchev–Trinajstić information content (AvgIpc) is 3.03. The summed E-state index contributed by atoms with van der Waals surface area (Å²) in [7, 11) is 0. The Morgan fingerprint density at radius 3 is 1.72 bits per heavy atom. The van der Waals surface area contributed by atoms with Crippen molar-refractivity contribution in [3.63, 3.8) is 0 Å². The van der Waals surface area contributed by atoms with E-state index in [9.17, 15) is 19.8 Å². The Bertz CT molecular complexity index is 1080. The summed E-state index contributed by atoms with van der Waals surface area (Å²) < 4.78 is 10.9. The summed E-state index contributed by atoms with van der Waals surface area (Å²) in [5, 5.41) is 20.2. The van der Waals surface area contributed by atoms with Crippen molar-refractivity contribution in [2.24, 2.45) is 23.7 Å². The van der Waals surface area contributed by atoms with Crippen LogP contribution in [-0.4, -0.2) is 46.6 Å². The number of hydrogen-bond donors (Lipinski definition) is 2. The molecule has 0 radical (unpaired) electrons. The Morgan fingerprint density at radius 1 is 0.783 bits per heavy atom. The van der Waals surface area contributed by atoms with Gasteiger partial charge in [-0.3, -0.25) is 0 Å². The van der Waals surface area contributed by atoms with Gasteiger partial charge in [-0.1, -0.05) is 82.9 Å². The summed E-state index contributed by atoms with van der Waals surface area (Å²) in [6.45, 7) is 15.6. The zero-order chi connectivity index (χ0) is 33.9. The Morgan fingerprint density at radius 2 is 1.26 bits per heavy atom. The number of unbranched alkanes of at least 4 members (excludes halogenated alkanes) is 2. The van der Waals surface area contributed by atoms with Crippen molar-refractivity contribution >= 4 is 11.9 Å². The van der Waals surface area contributed by atoms with E-state index in [-0.39, 0.29) is 30.3 Å². The molecule has 2 fully saturated rings. The van der Waals surface area contributed by atoms with Crippen LogP contribution < -0.4 is 0 Å². The minimum atomic E-state index is -1.39. The zero-order valence-corrected chi connectivity index (χ0v) is 29.5. The third kappa shape index (κ3) is 12.0. The average molecular weight is 639 g/mol. The highest BCUT2D eigenvalue weighted by molar-refractivity contribution is 5.90. The third-order valence-corrected chi connectivity index (χ3v) is 10.7. The molecule has 0 heterocycles. The largest absolute Gasteiger partial charge is 0.462 e. The smallest absolute Gasteiger partial charge is 0.336 e. The van der Waals surface area contributed by atoms with E-state index in [1.54, 1.807) is 0 Å². The first kappa shape index (κ1) is 38.0. The number of ether oxygens (including phenoxy) is 2. The van der Waals surface area contributed by atoms with Gasteiger partial charge >= 0.3 is 11.9 Å². The third-order valence-electron chi connectivity index (χ3n) is 10.7. The molecule has 6 nitrogen and oxygen atoms in total. The molecule has 1 aromatic rings. The molecule has 258 valence electrons. The highest BCUT2D eigenvalue weighted by Gasteiger charge is 2.32. The van der Waals surface area contributed by atoms with Crippen molar-refractivity contribution < 1.29 is 29.3 Å². The van der Waals surface area contributed by atoms with Crippen LogP contribution in [0.25, 0.3) is 0 Å². The van der Waals surface area contributed by atoms with Crippen molar-refractivity contribution in [3.05, 3.63) is 59.7 Å². The number of rotatable bonds is 17. The molecule has 0 aromatic heterocycles. The van der Waals surface area contributed by atoms with E-state index in [0.29, 0.717) is 12.3 Å². The molecule has 2 aliphatic rings. The van der Waals surface area contributed by atoms with Crippen LogP contribution in [0.4, 0.5) is 0 Å². The van der Waals surface area contributed by atoms with Crippen LogP contribution in [0.1, 0.15) is 135 Å². The lowest BCUT2D eigenvalue weighted by molar-refractivity contribution is -0.146. The molecule has 1 aromatic carbocycles. The van der Waals surface area contributed by atoms with Crippen molar-refractivity contribution in [3.8, 4) is 0 Å². The van der Waals surface area contributed by atoms with Crippen LogP contribution in [-0.2, 0) is 25.5 Å². The molecule has 2 saturated carbocycles. The van der Waals surface area contributed by atoms with Crippen molar-refractivity contribution in [1.82, 2.24) is 0 Å². The molecule has 0 aliphatic heterocycles. The Kier molecular flexibility index (Phi) is 14.6. The lowest BCUT2D eigenvalue weighted by Crippen LogP contribution is -2.31. The van der Waals surface area contributed by atoms with E-state index >= 15 is 0 Å². The van der Waals surface area contributed by atoms with Gasteiger partial charge in [0.05, 0.1) is 35.6 Å². The topological polar surface area (TPSA) is 93.1 Å². The molecule has 46 heavy (non-hydrogen) atoms. The van der Waals surface area contributed by atoms with Crippen LogP contribution in [0.3, 0.4) is 0 Å². The predicted octanol–water partition coefficient (Wildman–Crippen LogP) is 8.64. The molecule has 0 bridgehead atoms. The molecule has 2 aliphatic carbocycles. The van der Waals surface area contributed by atoms with Gasteiger partial charge in [0.15, 0.2) is 0 Å². The van der Waals surface area contributed by atoms with Gasteiger partial charge in [-0.2, -0.15) is 0 Å². The number of carbonyl (C=O) groups excluding carboxylic acids is 2. The normalized spacial score (nSPS) is 22.3. The summed E-state index contributed by atoms with van der Waals surface area (Å²) in [5.74, 6) is 1.83. The van der Waals surface area contributed by atoms with Crippen molar-refractivity contribution in [2.75, 3.05) is 13.2 Å². The summed E-state index contributed by atoms with van der Waals surface area (Å²) in [5.41, 5.74) is -0.245. The predicted molar refractivity (Wildman–Crippen MR) is 185 cm³/mol. The fourth-order valence-electron chi connectivity index (χ4n) is 7.16. The Balaban J connectivity index is 1.49. The second-order valence-corrected chi connectivity index (χ2v) is 15.3. The van der Waals surface area contributed by atoms with Gasteiger partial charge in [-0.15, -0.1) is 0 Å². The van der Waals surface area contributed by atoms with Crippen LogP contribution in [0.15, 0.2) is 48.6 Å². The van der Waals surface area contributed by atoms with Crippen LogP contribution in [0.5, 0.6) is 0 Å². The van der Waals surface area contributed by atoms with E-state index in [4.69, 9.17) is 9.47 Å². The van der Waals surface area contributed by atoms with Crippen molar-refractivity contribution in [1.29, 1.82) is 0 Å². The molecule has 0 amide bonds. The van der Waals surface area contributed by atoms with E-state index in [2.05, 4.69) is 44.3 Å². The summed E-state index contributed by atoms with van der Waals surface area (Å²) in [6, 6.07) is 8.94. The van der Waals surface area contributed by atoms with Crippen LogP contribution in [0, 0.1) is 23.7 Å². The van der Waals surface area contributed by atoms with Gasteiger partial charge in [0, 0.05) is 5.92 Å². The first-order chi connectivity index (χ1) is 21.7. The molecule has 0 saturated heterocycles. The fraction of sp³-hybridized carbons (Fsp3) is 0.700. The Labute approximate surface area is 279 Å². The maximum Gasteiger partial charge on any atom is 0.336 e. The number of hydrogen-bond acceptors (Lipinski definition) is 6. The van der Waals surface area contributed by atoms with Gasteiger partial charge in [0.1, 0.15) is 0 Å². The minimum Gasteiger partial charge on any atom is -0.462 e. The highest BCUT2D eigenvalue weighted by Crippen LogP contribution is 2.44. The maximum atomic E-state index is 12.5. The monoisotopic (exact) mass is 638 g/mol. The lowest BCUT2D eigenvalue weighted by atomic mass is 9.68. The second kappa shape index (κ2) is 17.6. The van der Waals surface area contributed by atoms with Crippen molar-refractivity contribution in [2.45, 2.75) is 142 Å². The molecule has 0 atom stereocenters. The van der Waals surface area contributed by atoms with Gasteiger partial charge in [0.2, 0.25) is 0 Å². The maximum absolute atomic E-state index is 12.5. The SMILES string of the molecule is C=C(C(=O)OCC(CCc1ccc(C2CCC(C3CCC(CCCCC)CC3)CC2)cc1)COC(=O)C(=C)C(C)(C)O)C(C)(C)O. The Hall–Kier alpha value is -2.44. The van der Waals surface area contributed by atoms with E-state index in [1.807, 2.05) is 0 Å². The van der Waals surface area contributed by atoms with Gasteiger partial charge in [0.25, 0.3) is 0 Å². The number of esters is 2. The molecular formula is C40H62O6. The van der Waals surface area contributed by atoms with Crippen LogP contribution >= 0.6 is 0 Å². The minimum absolute atomic E-state index is 0.0119. The number of aliphatic hydroxyl groups is 2. The lowest BCUT2D eigenvalue weighted by Gasteiger charge is -2.38. The summed E-state index contributed by atoms with van der Waals surface area (Å²) >= 11 is 0. The van der Waals surface area contributed by atoms with Crippen LogP contribution in [0.2, 0.25) is 0 Å². The number of carbonyl (C=O) groups is 2. The molecule has 0 unspecified atom stereocenters. The first-order valence-corrected chi connectivity index (χ1v) is 18.0. The van der Waals surface area contributed by atoms with E-state index in [1.165, 1.54) is 116 Å². The van der Waals surface area contributed by atoms with Gasteiger partial charge in [-0.05, 0) is 114 Å². The van der Waals surface area contributed by atoms with E-state index < -0.39 is 23.1 Å². The molecule has 0 spiro atoms. The highest BCUT2D eigenvalue weighted by atomic mass is 16.5. The summed E-state index contributed by atoms with van der Waals surface area (Å²) in [6.07, 6.45) is 18.0. The standard InChI is InChI=1S/C40H62O6/c1-8-9-10-11-30-14-18-33(19-15-30)35-22-24-36(25-23-35)34-20-16-31(17-21-34)12-13-32(26-45-37(41)28(2)39(4,5)43)27-46-38(42)29(3)40(6,7)44/h16-17,20-21,30,32-33,35-36,43-44H,2-3,8-15,18-19,22-27H2,1,4-7H3. The molecule has 6 heteroatoms. The first-order valence-electron chi connectivity index (χ1n) is 18.0. The summed E-state index contributed by atoms with van der Waals surface area (Å²) in [4.78, 5) is 24.9. The number of aryl methyl sites for hydroxylation is 1. The number of benzene rings is 1. The molecule has 3 rings (SSSR count). The fourth-order valence-corrected chi connectivity index (χ4v) is 7.16. The molecule has 2 N–H and O–H groups in total. The molecular weight excluding hydrogens is 576 g/mol. The quantitative estimate of drug-likeness (QED) is 0.101. The van der Waals surface area contributed by atoms with Gasteiger partial charge < -0.3 is 19.7 Å². The second-order valence-electron chi connectivity index (χ2n) is 15.3. The van der Waals surface area contributed by atoms with Gasteiger partial charge in [-0.25, -0.2) is 9.59 Å². The van der Waals surface area contributed by atoms with E-state index in [0.717, 1.165) is 24.2 Å².